The number of benzene rings is 1. The Hall–Kier alpha value is -1.92. The average Bonchev–Trinajstić information content (AvgIpc) is 2.38. The van der Waals surface area contributed by atoms with E-state index < -0.39 is 7.12 Å². The third-order valence-electron chi connectivity index (χ3n) is 2.26. The van der Waals surface area contributed by atoms with Gasteiger partial charge >= 0.3 is 7.12 Å². The summed E-state index contributed by atoms with van der Waals surface area (Å²) in [6.45, 7) is 0.627. The molecule has 0 spiro atoms. The summed E-state index contributed by atoms with van der Waals surface area (Å²) < 4.78 is 0. The summed E-state index contributed by atoms with van der Waals surface area (Å²) in [7, 11) is -1.53. The van der Waals surface area contributed by atoms with Gasteiger partial charge < -0.3 is 15.4 Å². The van der Waals surface area contributed by atoms with Gasteiger partial charge in [-0.3, -0.25) is 0 Å². The van der Waals surface area contributed by atoms with Crippen LogP contribution in [0, 0.1) is 0 Å². The van der Waals surface area contributed by atoms with Crippen molar-refractivity contribution >= 4 is 18.5 Å². The molecule has 0 bridgehead atoms. The topological polar surface area (TPSA) is 78.3 Å². The Morgan fingerprint density at radius 1 is 1.06 bits per heavy atom. The lowest BCUT2D eigenvalue weighted by Crippen LogP contribution is -2.30. The lowest BCUT2D eigenvalue weighted by molar-refractivity contribution is 0.425. The molecule has 3 N–H and O–H groups in total. The van der Waals surface area contributed by atoms with Crippen molar-refractivity contribution in [1.82, 2.24) is 9.97 Å². The van der Waals surface area contributed by atoms with Gasteiger partial charge in [-0.1, -0.05) is 30.3 Å². The third-order valence-corrected chi connectivity index (χ3v) is 2.26. The normalized spacial score (nSPS) is 10.0. The van der Waals surface area contributed by atoms with E-state index in [1.807, 2.05) is 30.3 Å². The Morgan fingerprint density at radius 2 is 1.71 bits per heavy atom. The Bertz CT molecular complexity index is 462. The summed E-state index contributed by atoms with van der Waals surface area (Å²) in [5.41, 5.74) is 1.40. The second-order valence-electron chi connectivity index (χ2n) is 3.55. The molecule has 0 aliphatic heterocycles. The zero-order valence-corrected chi connectivity index (χ0v) is 9.11. The van der Waals surface area contributed by atoms with Crippen molar-refractivity contribution < 1.29 is 10.0 Å². The molecule has 0 radical (unpaired) electrons. The molecule has 1 heterocycles. The molecule has 0 amide bonds. The molecule has 0 atom stereocenters. The average molecular weight is 229 g/mol. The molecule has 0 unspecified atom stereocenters. The number of nitrogens with one attached hydrogen (secondary N) is 1. The molecule has 17 heavy (non-hydrogen) atoms. The van der Waals surface area contributed by atoms with E-state index in [1.54, 1.807) is 0 Å². The molecule has 2 rings (SSSR count). The van der Waals surface area contributed by atoms with Gasteiger partial charge in [0, 0.05) is 24.4 Å². The lowest BCUT2D eigenvalue weighted by Gasteiger charge is -2.05. The molecule has 0 aliphatic carbocycles. The van der Waals surface area contributed by atoms with Crippen molar-refractivity contribution in [2.45, 2.75) is 6.54 Å². The largest absolute Gasteiger partial charge is 0.491 e. The van der Waals surface area contributed by atoms with Crippen molar-refractivity contribution in [2.24, 2.45) is 0 Å². The van der Waals surface area contributed by atoms with E-state index in [-0.39, 0.29) is 5.46 Å². The zero-order valence-electron chi connectivity index (χ0n) is 9.11. The van der Waals surface area contributed by atoms with E-state index in [0.717, 1.165) is 5.56 Å². The van der Waals surface area contributed by atoms with E-state index in [1.165, 1.54) is 12.4 Å². The molecular formula is C11H12BN3O2. The van der Waals surface area contributed by atoms with Crippen LogP contribution in [-0.2, 0) is 6.54 Å². The standard InChI is InChI=1S/C11H12BN3O2/c16-12(17)10-7-14-11(15-8-10)13-6-9-4-2-1-3-5-9/h1-5,7-8,16-17H,6H2,(H,13,14,15). The number of hydrogen-bond donors (Lipinski definition) is 3. The fraction of sp³-hybridized carbons (Fsp3) is 0.0909. The number of rotatable bonds is 4. The van der Waals surface area contributed by atoms with Crippen LogP contribution >= 0.6 is 0 Å². The third kappa shape index (κ3) is 3.27. The Labute approximate surface area is 99.3 Å². The highest BCUT2D eigenvalue weighted by molar-refractivity contribution is 6.58. The molecule has 5 nitrogen and oxygen atoms in total. The maximum Gasteiger partial charge on any atom is 0.491 e. The molecule has 0 saturated carbocycles. The van der Waals surface area contributed by atoms with Crippen LogP contribution < -0.4 is 10.8 Å². The number of nitrogens with zero attached hydrogens (tertiary/aromatic N) is 2. The van der Waals surface area contributed by atoms with E-state index in [4.69, 9.17) is 10.0 Å². The van der Waals surface area contributed by atoms with Gasteiger partial charge in [0.2, 0.25) is 5.95 Å². The molecule has 6 heteroatoms. The van der Waals surface area contributed by atoms with Crippen molar-refractivity contribution in [3.8, 4) is 0 Å². The van der Waals surface area contributed by atoms with Crippen molar-refractivity contribution in [2.75, 3.05) is 5.32 Å². The van der Waals surface area contributed by atoms with Gasteiger partial charge in [-0.25, -0.2) is 9.97 Å². The van der Waals surface area contributed by atoms with Crippen LogP contribution in [-0.4, -0.2) is 27.1 Å². The Balaban J connectivity index is 1.96. The minimum atomic E-state index is -1.53. The molecule has 0 fully saturated rings. The Morgan fingerprint density at radius 3 is 2.29 bits per heavy atom. The number of aromatic nitrogens is 2. The van der Waals surface area contributed by atoms with E-state index in [9.17, 15) is 0 Å². The SMILES string of the molecule is OB(O)c1cnc(NCc2ccccc2)nc1. The highest BCUT2D eigenvalue weighted by atomic mass is 16.4. The van der Waals surface area contributed by atoms with Crippen molar-refractivity contribution in [1.29, 1.82) is 0 Å². The summed E-state index contributed by atoms with van der Waals surface area (Å²) in [4.78, 5) is 7.95. The highest BCUT2D eigenvalue weighted by Crippen LogP contribution is 2.01. The van der Waals surface area contributed by atoms with Crippen LogP contribution in [0.25, 0.3) is 0 Å². The van der Waals surface area contributed by atoms with E-state index in [0.29, 0.717) is 12.5 Å². The van der Waals surface area contributed by atoms with Gasteiger partial charge in [0.05, 0.1) is 0 Å². The van der Waals surface area contributed by atoms with Gasteiger partial charge in [0.15, 0.2) is 0 Å². The first-order valence-corrected chi connectivity index (χ1v) is 5.21. The summed E-state index contributed by atoms with van der Waals surface area (Å²) in [5.74, 6) is 0.457. The fourth-order valence-electron chi connectivity index (χ4n) is 1.34. The minimum Gasteiger partial charge on any atom is -0.423 e. The number of hydrogen-bond acceptors (Lipinski definition) is 5. The zero-order chi connectivity index (χ0) is 12.1. The smallest absolute Gasteiger partial charge is 0.423 e. The predicted molar refractivity (Wildman–Crippen MR) is 65.6 cm³/mol. The fourth-order valence-corrected chi connectivity index (χ4v) is 1.34. The first kappa shape index (κ1) is 11.6. The van der Waals surface area contributed by atoms with Crippen LogP contribution in [0.2, 0.25) is 0 Å². The monoisotopic (exact) mass is 229 g/mol. The number of anilines is 1. The second kappa shape index (κ2) is 5.42. The van der Waals surface area contributed by atoms with Crippen molar-refractivity contribution in [3.05, 3.63) is 48.3 Å². The first-order valence-electron chi connectivity index (χ1n) is 5.21. The predicted octanol–water partition coefficient (Wildman–Crippen LogP) is -0.232. The summed E-state index contributed by atoms with van der Waals surface area (Å²) in [6, 6.07) is 9.88. The molecule has 0 aliphatic rings. The van der Waals surface area contributed by atoms with Crippen LogP contribution in [0.15, 0.2) is 42.7 Å². The van der Waals surface area contributed by atoms with E-state index in [2.05, 4.69) is 15.3 Å². The Kier molecular flexibility index (Phi) is 3.69. The van der Waals surface area contributed by atoms with Crippen LogP contribution in [0.4, 0.5) is 5.95 Å². The van der Waals surface area contributed by atoms with Gasteiger partial charge in [0.25, 0.3) is 0 Å². The maximum atomic E-state index is 8.88. The highest BCUT2D eigenvalue weighted by Gasteiger charge is 2.11. The quantitative estimate of drug-likeness (QED) is 0.631. The van der Waals surface area contributed by atoms with E-state index >= 15 is 0 Å². The minimum absolute atomic E-state index is 0.273. The molecule has 1 aromatic carbocycles. The summed E-state index contributed by atoms with van der Waals surface area (Å²) in [6.07, 6.45) is 2.76. The van der Waals surface area contributed by atoms with Crippen molar-refractivity contribution in [3.63, 3.8) is 0 Å². The lowest BCUT2D eigenvalue weighted by atomic mass is 9.83. The first-order chi connectivity index (χ1) is 8.25. The summed E-state index contributed by atoms with van der Waals surface area (Å²) >= 11 is 0. The molecular weight excluding hydrogens is 217 g/mol. The van der Waals surface area contributed by atoms with Gasteiger partial charge in [-0.05, 0) is 5.56 Å². The molecule has 1 aromatic heterocycles. The second-order valence-corrected chi connectivity index (χ2v) is 3.55. The van der Waals surface area contributed by atoms with Gasteiger partial charge in [0.1, 0.15) is 0 Å². The maximum absolute atomic E-state index is 8.88. The van der Waals surface area contributed by atoms with Crippen LogP contribution in [0.1, 0.15) is 5.56 Å². The van der Waals surface area contributed by atoms with Crippen LogP contribution in [0.3, 0.4) is 0 Å². The van der Waals surface area contributed by atoms with Crippen LogP contribution in [0.5, 0.6) is 0 Å². The van der Waals surface area contributed by atoms with Gasteiger partial charge in [-0.2, -0.15) is 0 Å². The molecule has 0 saturated heterocycles. The summed E-state index contributed by atoms with van der Waals surface area (Å²) in [5, 5.41) is 20.8. The molecule has 2 aromatic rings. The van der Waals surface area contributed by atoms with Gasteiger partial charge in [-0.15, -0.1) is 0 Å². The molecule has 86 valence electrons.